The maximum Gasteiger partial charge on any atom is 0.164 e. The van der Waals surface area contributed by atoms with Gasteiger partial charge in [-0.3, -0.25) is 0 Å². The first-order valence-electron chi connectivity index (χ1n) is 19.9. The molecule has 0 saturated carbocycles. The Balaban J connectivity index is 1.16. The molecule has 0 atom stereocenters. The third kappa shape index (κ3) is 4.78. The van der Waals surface area contributed by atoms with Crippen molar-refractivity contribution in [1.29, 1.82) is 0 Å². The monoisotopic (exact) mass is 740 g/mol. The lowest BCUT2D eigenvalue weighted by Crippen LogP contribution is -2.14. The number of aromatic nitrogens is 4. The quantitative estimate of drug-likeness (QED) is 0.169. The minimum atomic E-state index is -0.146. The van der Waals surface area contributed by atoms with E-state index in [0.29, 0.717) is 17.5 Å². The summed E-state index contributed by atoms with van der Waals surface area (Å²) >= 11 is 0. The van der Waals surface area contributed by atoms with Crippen molar-refractivity contribution >= 4 is 54.1 Å². The topological polar surface area (TPSA) is 43.6 Å². The summed E-state index contributed by atoms with van der Waals surface area (Å²) in [7, 11) is 0. The van der Waals surface area contributed by atoms with Crippen LogP contribution in [0.2, 0.25) is 0 Å². The molecule has 2 heterocycles. The second kappa shape index (κ2) is 12.3. The summed E-state index contributed by atoms with van der Waals surface area (Å²) in [6.07, 6.45) is 0. The molecule has 272 valence electrons. The molecule has 0 amide bonds. The van der Waals surface area contributed by atoms with E-state index in [-0.39, 0.29) is 5.41 Å². The molecule has 2 aromatic heterocycles. The van der Waals surface area contributed by atoms with Gasteiger partial charge in [-0.2, -0.15) is 0 Å². The van der Waals surface area contributed by atoms with Gasteiger partial charge in [-0.05, 0) is 91.0 Å². The van der Waals surface area contributed by atoms with Crippen LogP contribution >= 0.6 is 0 Å². The predicted molar refractivity (Wildman–Crippen MR) is 241 cm³/mol. The van der Waals surface area contributed by atoms with Gasteiger partial charge in [0.05, 0.1) is 11.0 Å². The molecular formula is C54H36N4. The van der Waals surface area contributed by atoms with Crippen LogP contribution in [0.25, 0.3) is 105 Å². The first-order valence-corrected chi connectivity index (χ1v) is 19.9. The highest BCUT2D eigenvalue weighted by molar-refractivity contribution is 6.29. The highest BCUT2D eigenvalue weighted by Crippen LogP contribution is 2.51. The Hall–Kier alpha value is -7.43. The summed E-state index contributed by atoms with van der Waals surface area (Å²) in [5.74, 6) is 1.93. The van der Waals surface area contributed by atoms with Gasteiger partial charge in [0.25, 0.3) is 0 Å². The van der Waals surface area contributed by atoms with E-state index in [4.69, 9.17) is 15.0 Å². The SMILES string of the molecule is CC1(C)c2ccccc2-c2cc3c4cc5c6ccccc6c6ccccc6c5cc4n(-c4cccc(-c5nc(-c6ccccc6)nc(-c6ccccc6)n5)c4)c3cc21. The summed E-state index contributed by atoms with van der Waals surface area (Å²) in [4.78, 5) is 15.2. The second-order valence-electron chi connectivity index (χ2n) is 16.0. The molecule has 4 heteroatoms. The summed E-state index contributed by atoms with van der Waals surface area (Å²) in [5, 5.41) is 10.1. The average molecular weight is 741 g/mol. The number of hydrogen-bond donors (Lipinski definition) is 0. The van der Waals surface area contributed by atoms with Crippen LogP contribution in [0.5, 0.6) is 0 Å². The third-order valence-electron chi connectivity index (χ3n) is 12.4. The Morgan fingerprint density at radius 2 is 0.828 bits per heavy atom. The highest BCUT2D eigenvalue weighted by Gasteiger charge is 2.36. The molecule has 0 spiro atoms. The van der Waals surface area contributed by atoms with Crippen molar-refractivity contribution < 1.29 is 0 Å². The summed E-state index contributed by atoms with van der Waals surface area (Å²) < 4.78 is 2.47. The van der Waals surface area contributed by atoms with E-state index in [2.05, 4.69) is 164 Å². The normalized spacial score (nSPS) is 13.1. The Labute approximate surface area is 335 Å². The van der Waals surface area contributed by atoms with Gasteiger partial charge in [-0.1, -0.05) is 159 Å². The lowest BCUT2D eigenvalue weighted by molar-refractivity contribution is 0.661. The highest BCUT2D eigenvalue weighted by atomic mass is 15.0. The number of fused-ring (bicyclic) bond motifs is 12. The van der Waals surface area contributed by atoms with Crippen molar-refractivity contribution in [3.05, 3.63) is 193 Å². The van der Waals surface area contributed by atoms with Gasteiger partial charge in [0.2, 0.25) is 0 Å². The molecule has 58 heavy (non-hydrogen) atoms. The molecule has 11 aromatic rings. The summed E-state index contributed by atoms with van der Waals surface area (Å²) in [6, 6.07) is 65.4. The Kier molecular flexibility index (Phi) is 6.94. The fourth-order valence-corrected chi connectivity index (χ4v) is 9.61. The Bertz CT molecular complexity index is 3410. The van der Waals surface area contributed by atoms with Gasteiger partial charge in [-0.25, -0.2) is 15.0 Å². The third-order valence-corrected chi connectivity index (χ3v) is 12.4. The number of nitrogens with zero attached hydrogens (tertiary/aromatic N) is 4. The Morgan fingerprint density at radius 1 is 0.345 bits per heavy atom. The van der Waals surface area contributed by atoms with E-state index in [1.807, 2.05) is 36.4 Å². The van der Waals surface area contributed by atoms with Crippen LogP contribution in [0.15, 0.2) is 182 Å². The van der Waals surface area contributed by atoms with E-state index in [0.717, 1.165) is 22.4 Å². The summed E-state index contributed by atoms with van der Waals surface area (Å²) in [5.41, 5.74) is 11.4. The van der Waals surface area contributed by atoms with Gasteiger partial charge < -0.3 is 4.57 Å². The largest absolute Gasteiger partial charge is 0.309 e. The van der Waals surface area contributed by atoms with Crippen molar-refractivity contribution in [2.75, 3.05) is 0 Å². The zero-order valence-electron chi connectivity index (χ0n) is 32.1. The van der Waals surface area contributed by atoms with Crippen LogP contribution in [0.1, 0.15) is 25.0 Å². The van der Waals surface area contributed by atoms with E-state index >= 15 is 0 Å². The molecule has 0 fully saturated rings. The van der Waals surface area contributed by atoms with Crippen LogP contribution < -0.4 is 0 Å². The van der Waals surface area contributed by atoms with E-state index in [1.54, 1.807) is 0 Å². The average Bonchev–Trinajstić information content (AvgIpc) is 3.72. The minimum Gasteiger partial charge on any atom is -0.309 e. The lowest BCUT2D eigenvalue weighted by atomic mass is 9.82. The molecule has 12 rings (SSSR count). The first-order chi connectivity index (χ1) is 28.5. The predicted octanol–water partition coefficient (Wildman–Crippen LogP) is 13.7. The van der Waals surface area contributed by atoms with Crippen molar-refractivity contribution in [2.24, 2.45) is 0 Å². The van der Waals surface area contributed by atoms with Gasteiger partial charge in [0.1, 0.15) is 0 Å². The van der Waals surface area contributed by atoms with Gasteiger partial charge in [0, 0.05) is 38.6 Å². The van der Waals surface area contributed by atoms with E-state index in [1.165, 1.54) is 76.4 Å². The number of benzene rings is 9. The lowest BCUT2D eigenvalue weighted by Gasteiger charge is -2.21. The fraction of sp³-hybridized carbons (Fsp3) is 0.0556. The van der Waals surface area contributed by atoms with E-state index in [9.17, 15) is 0 Å². The van der Waals surface area contributed by atoms with Crippen molar-refractivity contribution in [3.63, 3.8) is 0 Å². The van der Waals surface area contributed by atoms with Crippen molar-refractivity contribution in [2.45, 2.75) is 19.3 Å². The first kappa shape index (κ1) is 32.8. The maximum absolute atomic E-state index is 5.11. The minimum absolute atomic E-state index is 0.146. The molecule has 4 nitrogen and oxygen atoms in total. The second-order valence-corrected chi connectivity index (χ2v) is 16.0. The number of hydrogen-bond acceptors (Lipinski definition) is 3. The van der Waals surface area contributed by atoms with Crippen molar-refractivity contribution in [1.82, 2.24) is 19.5 Å². The fourth-order valence-electron chi connectivity index (χ4n) is 9.61. The molecule has 0 radical (unpaired) electrons. The van der Waals surface area contributed by atoms with Gasteiger partial charge in [0.15, 0.2) is 17.5 Å². The molecule has 0 saturated heterocycles. The zero-order valence-corrected chi connectivity index (χ0v) is 32.1. The van der Waals surface area contributed by atoms with Crippen LogP contribution in [-0.2, 0) is 5.41 Å². The maximum atomic E-state index is 5.11. The van der Waals surface area contributed by atoms with Gasteiger partial charge in [-0.15, -0.1) is 0 Å². The standard InChI is InChI=1S/C54H36N4/c1-54(2)47-27-14-13-26-41(47)44-30-46-45-29-42-39-24-11-9-22-37(39)38-23-10-12-25-40(38)43(42)31-49(45)58(50(46)32-48(44)54)36-21-15-20-35(28-36)53-56-51(33-16-5-3-6-17-33)55-52(57-53)34-18-7-4-8-19-34/h3-32H,1-2H3. The van der Waals surface area contributed by atoms with Gasteiger partial charge >= 0.3 is 0 Å². The molecule has 0 bridgehead atoms. The van der Waals surface area contributed by atoms with Crippen LogP contribution in [0, 0.1) is 0 Å². The molecule has 1 aliphatic carbocycles. The van der Waals surface area contributed by atoms with Crippen LogP contribution in [-0.4, -0.2) is 19.5 Å². The van der Waals surface area contributed by atoms with Crippen molar-refractivity contribution in [3.8, 4) is 51.0 Å². The summed E-state index contributed by atoms with van der Waals surface area (Å²) in [6.45, 7) is 4.72. The van der Waals surface area contributed by atoms with Crippen LogP contribution in [0.3, 0.4) is 0 Å². The number of rotatable bonds is 4. The molecule has 1 aliphatic rings. The molecule has 9 aromatic carbocycles. The molecule has 0 unspecified atom stereocenters. The molecule has 0 N–H and O–H groups in total. The zero-order chi connectivity index (χ0) is 38.5. The Morgan fingerprint density at radius 3 is 1.47 bits per heavy atom. The van der Waals surface area contributed by atoms with Crippen LogP contribution in [0.4, 0.5) is 0 Å². The van der Waals surface area contributed by atoms with E-state index < -0.39 is 0 Å². The molecular weight excluding hydrogens is 705 g/mol. The molecule has 0 aliphatic heterocycles. The smallest absolute Gasteiger partial charge is 0.164 e.